The van der Waals surface area contributed by atoms with Crippen molar-refractivity contribution in [3.05, 3.63) is 30.1 Å². The summed E-state index contributed by atoms with van der Waals surface area (Å²) in [7, 11) is 3.93. The van der Waals surface area contributed by atoms with Crippen molar-refractivity contribution in [1.82, 2.24) is 29.4 Å². The molecule has 0 aromatic carbocycles. The van der Waals surface area contributed by atoms with Crippen LogP contribution in [0, 0.1) is 0 Å². The third-order valence-corrected chi connectivity index (χ3v) is 2.80. The van der Waals surface area contributed by atoms with E-state index in [1.165, 1.54) is 10.9 Å². The second-order valence-electron chi connectivity index (χ2n) is 4.36. The van der Waals surface area contributed by atoms with E-state index in [0.717, 1.165) is 18.9 Å². The number of aromatic nitrogens is 5. The van der Waals surface area contributed by atoms with Crippen molar-refractivity contribution < 1.29 is 9.90 Å². The topological polar surface area (TPSA) is 89.1 Å². The minimum absolute atomic E-state index is 0.0354. The third-order valence-electron chi connectivity index (χ3n) is 2.80. The molecular weight excluding hydrogens is 248 g/mol. The predicted molar refractivity (Wildman–Crippen MR) is 66.5 cm³/mol. The van der Waals surface area contributed by atoms with Gasteiger partial charge in [0.15, 0.2) is 5.69 Å². The fraction of sp³-hybridized carbons (Fsp3) is 0.455. The van der Waals surface area contributed by atoms with Gasteiger partial charge in [-0.2, -0.15) is 0 Å². The molecule has 2 aromatic heterocycles. The maximum Gasteiger partial charge on any atom is 0.358 e. The molecule has 2 rings (SSSR count). The number of hydrogen-bond donors (Lipinski definition) is 1. The second-order valence-corrected chi connectivity index (χ2v) is 4.36. The van der Waals surface area contributed by atoms with E-state index in [0.29, 0.717) is 6.54 Å². The Morgan fingerprint density at radius 2 is 2.32 bits per heavy atom. The Bertz CT molecular complexity index is 561. The van der Waals surface area contributed by atoms with E-state index in [1.54, 1.807) is 6.20 Å². The maximum atomic E-state index is 10.7. The van der Waals surface area contributed by atoms with Gasteiger partial charge in [-0.25, -0.2) is 9.78 Å². The molecule has 0 fully saturated rings. The quantitative estimate of drug-likeness (QED) is 0.780. The van der Waals surface area contributed by atoms with Gasteiger partial charge in [-0.1, -0.05) is 5.21 Å². The molecule has 2 aromatic rings. The van der Waals surface area contributed by atoms with Crippen molar-refractivity contribution >= 4 is 5.97 Å². The SMILES string of the molecule is CN(CCn1cc(C(=O)O)nn1)Cc1nccn1C. The Balaban J connectivity index is 1.84. The van der Waals surface area contributed by atoms with Gasteiger partial charge in [0, 0.05) is 26.0 Å². The number of likely N-dealkylation sites (N-methyl/N-ethyl adjacent to an activating group) is 1. The number of carboxylic acids is 1. The van der Waals surface area contributed by atoms with Crippen LogP contribution in [-0.4, -0.2) is 54.1 Å². The van der Waals surface area contributed by atoms with Crippen LogP contribution < -0.4 is 0 Å². The Labute approximate surface area is 110 Å². The molecule has 0 aliphatic rings. The Kier molecular flexibility index (Phi) is 3.91. The van der Waals surface area contributed by atoms with Crippen LogP contribution in [0.25, 0.3) is 0 Å². The molecule has 19 heavy (non-hydrogen) atoms. The van der Waals surface area contributed by atoms with Crippen LogP contribution in [0.15, 0.2) is 18.6 Å². The fourth-order valence-corrected chi connectivity index (χ4v) is 1.65. The minimum Gasteiger partial charge on any atom is -0.476 e. The van der Waals surface area contributed by atoms with Crippen molar-refractivity contribution in [2.75, 3.05) is 13.6 Å². The lowest BCUT2D eigenvalue weighted by atomic mass is 10.4. The summed E-state index contributed by atoms with van der Waals surface area (Å²) >= 11 is 0. The van der Waals surface area contributed by atoms with Crippen LogP contribution in [-0.2, 0) is 20.1 Å². The van der Waals surface area contributed by atoms with E-state index in [2.05, 4.69) is 20.2 Å². The molecule has 0 radical (unpaired) electrons. The van der Waals surface area contributed by atoms with Crippen molar-refractivity contribution in [1.29, 1.82) is 0 Å². The van der Waals surface area contributed by atoms with Crippen LogP contribution in [0.3, 0.4) is 0 Å². The molecule has 1 N–H and O–H groups in total. The fourth-order valence-electron chi connectivity index (χ4n) is 1.65. The first-order chi connectivity index (χ1) is 9.06. The highest BCUT2D eigenvalue weighted by atomic mass is 16.4. The van der Waals surface area contributed by atoms with E-state index < -0.39 is 5.97 Å². The summed E-state index contributed by atoms with van der Waals surface area (Å²) in [6.07, 6.45) is 5.09. The lowest BCUT2D eigenvalue weighted by Crippen LogP contribution is -2.24. The van der Waals surface area contributed by atoms with Crippen molar-refractivity contribution in [3.8, 4) is 0 Å². The smallest absolute Gasteiger partial charge is 0.358 e. The summed E-state index contributed by atoms with van der Waals surface area (Å²) in [4.78, 5) is 17.0. The number of carboxylic acid groups (broad SMARTS) is 1. The molecule has 0 bridgehead atoms. The van der Waals surface area contributed by atoms with Gasteiger partial charge in [-0.3, -0.25) is 9.58 Å². The number of carbonyl (C=O) groups is 1. The van der Waals surface area contributed by atoms with Crippen LogP contribution in [0.4, 0.5) is 0 Å². The summed E-state index contributed by atoms with van der Waals surface area (Å²) in [5.74, 6) is -0.0834. The monoisotopic (exact) mass is 264 g/mol. The molecular formula is C11H16N6O2. The number of hydrogen-bond acceptors (Lipinski definition) is 5. The lowest BCUT2D eigenvalue weighted by molar-refractivity contribution is 0.0690. The zero-order valence-corrected chi connectivity index (χ0v) is 10.9. The van der Waals surface area contributed by atoms with Crippen molar-refractivity contribution in [2.24, 2.45) is 7.05 Å². The van der Waals surface area contributed by atoms with Crippen molar-refractivity contribution in [3.63, 3.8) is 0 Å². The molecule has 8 nitrogen and oxygen atoms in total. The highest BCUT2D eigenvalue weighted by molar-refractivity contribution is 5.84. The van der Waals surface area contributed by atoms with Gasteiger partial charge in [-0.15, -0.1) is 5.10 Å². The first kappa shape index (κ1) is 13.2. The molecule has 0 saturated heterocycles. The number of aromatic carboxylic acids is 1. The first-order valence-corrected chi connectivity index (χ1v) is 5.84. The summed E-state index contributed by atoms with van der Waals surface area (Å²) in [6, 6.07) is 0. The van der Waals surface area contributed by atoms with Gasteiger partial charge in [0.25, 0.3) is 0 Å². The highest BCUT2D eigenvalue weighted by Gasteiger charge is 2.09. The van der Waals surface area contributed by atoms with E-state index in [-0.39, 0.29) is 5.69 Å². The Morgan fingerprint density at radius 1 is 1.53 bits per heavy atom. The molecule has 102 valence electrons. The van der Waals surface area contributed by atoms with Gasteiger partial charge in [0.1, 0.15) is 5.82 Å². The standard InChI is InChI=1S/C11H16N6O2/c1-15(8-10-12-3-4-16(10)2)5-6-17-7-9(11(18)19)13-14-17/h3-4,7H,5-6,8H2,1-2H3,(H,18,19). The van der Waals surface area contributed by atoms with Crippen LogP contribution in [0.5, 0.6) is 0 Å². The van der Waals surface area contributed by atoms with Gasteiger partial charge < -0.3 is 9.67 Å². The maximum absolute atomic E-state index is 10.7. The largest absolute Gasteiger partial charge is 0.476 e. The van der Waals surface area contributed by atoms with Crippen molar-refractivity contribution in [2.45, 2.75) is 13.1 Å². The number of imidazole rings is 1. The lowest BCUT2D eigenvalue weighted by Gasteiger charge is -2.15. The predicted octanol–water partition coefficient (Wildman–Crippen LogP) is -0.158. The number of nitrogens with zero attached hydrogens (tertiary/aromatic N) is 6. The molecule has 0 unspecified atom stereocenters. The molecule has 0 aliphatic carbocycles. The van der Waals surface area contributed by atoms with Gasteiger partial charge in [0.05, 0.1) is 19.3 Å². The molecule has 0 atom stereocenters. The number of aryl methyl sites for hydroxylation is 1. The van der Waals surface area contributed by atoms with E-state index in [9.17, 15) is 4.79 Å². The average molecular weight is 264 g/mol. The third kappa shape index (κ3) is 3.38. The Hall–Kier alpha value is -2.22. The zero-order chi connectivity index (χ0) is 13.8. The molecule has 0 spiro atoms. The first-order valence-electron chi connectivity index (χ1n) is 5.84. The van der Waals surface area contributed by atoms with E-state index in [4.69, 9.17) is 5.11 Å². The van der Waals surface area contributed by atoms with Gasteiger partial charge >= 0.3 is 5.97 Å². The van der Waals surface area contributed by atoms with Gasteiger partial charge in [0.2, 0.25) is 0 Å². The molecule has 2 heterocycles. The molecule has 0 saturated carbocycles. The van der Waals surface area contributed by atoms with E-state index >= 15 is 0 Å². The summed E-state index contributed by atoms with van der Waals surface area (Å²) in [5.41, 5.74) is -0.0354. The molecule has 0 aliphatic heterocycles. The van der Waals surface area contributed by atoms with Crippen LogP contribution in [0.2, 0.25) is 0 Å². The molecule has 8 heteroatoms. The highest BCUT2D eigenvalue weighted by Crippen LogP contribution is 2.00. The Morgan fingerprint density at radius 3 is 2.89 bits per heavy atom. The van der Waals surface area contributed by atoms with Gasteiger partial charge in [-0.05, 0) is 7.05 Å². The summed E-state index contributed by atoms with van der Waals surface area (Å²) in [5, 5.41) is 16.1. The normalized spacial score (nSPS) is 11.1. The minimum atomic E-state index is -1.06. The zero-order valence-electron chi connectivity index (χ0n) is 10.9. The van der Waals surface area contributed by atoms with E-state index in [1.807, 2.05) is 24.9 Å². The summed E-state index contributed by atoms with van der Waals surface area (Å²) in [6.45, 7) is 2.04. The summed E-state index contributed by atoms with van der Waals surface area (Å²) < 4.78 is 3.49. The average Bonchev–Trinajstić information content (AvgIpc) is 2.97. The number of rotatable bonds is 6. The van der Waals surface area contributed by atoms with Crippen LogP contribution >= 0.6 is 0 Å². The molecule has 0 amide bonds. The second kappa shape index (κ2) is 5.61. The van der Waals surface area contributed by atoms with Crippen LogP contribution in [0.1, 0.15) is 16.3 Å².